The van der Waals surface area contributed by atoms with Crippen LogP contribution in [0.5, 0.6) is 0 Å². The van der Waals surface area contributed by atoms with Crippen LogP contribution in [-0.4, -0.2) is 30.4 Å². The monoisotopic (exact) mass is 516 g/mol. The van der Waals surface area contributed by atoms with Crippen molar-refractivity contribution in [2.24, 2.45) is 5.92 Å². The van der Waals surface area contributed by atoms with Crippen molar-refractivity contribution in [3.05, 3.63) is 60.7 Å². The minimum atomic E-state index is -4.93. The Morgan fingerprint density at radius 2 is 1.22 bits per heavy atom. The van der Waals surface area contributed by atoms with Gasteiger partial charge in [-0.3, -0.25) is 0 Å². The Kier molecular flexibility index (Phi) is 10.5. The molecule has 202 valence electrons. The molecule has 1 nitrogen and oxygen atoms in total. The fraction of sp³-hybridized carbons (Fsp3) is 0.586. The van der Waals surface area contributed by atoms with E-state index in [4.69, 9.17) is 0 Å². The molecule has 0 saturated carbocycles. The minimum Gasteiger partial charge on any atom is -0.240 e. The van der Waals surface area contributed by atoms with Crippen molar-refractivity contribution in [2.75, 3.05) is 6.54 Å². The summed E-state index contributed by atoms with van der Waals surface area (Å²) >= 11 is 0. The Morgan fingerprint density at radius 3 is 1.64 bits per heavy atom. The lowest BCUT2D eigenvalue weighted by Crippen LogP contribution is -2.73. The van der Waals surface area contributed by atoms with Crippen molar-refractivity contribution in [1.29, 1.82) is 0 Å². The molecule has 2 rings (SSSR count). The highest BCUT2D eigenvalue weighted by molar-refractivity contribution is 5.60. The molecular weight excluding hydrogens is 476 g/mol. The third kappa shape index (κ3) is 5.46. The van der Waals surface area contributed by atoms with E-state index in [-0.39, 0.29) is 44.1 Å². The zero-order valence-corrected chi connectivity index (χ0v) is 21.8. The van der Waals surface area contributed by atoms with Gasteiger partial charge in [-0.05, 0) is 56.4 Å². The van der Waals surface area contributed by atoms with E-state index in [9.17, 15) is 0 Å². The van der Waals surface area contributed by atoms with Crippen LogP contribution in [0.15, 0.2) is 60.7 Å². The number of unbranched alkanes of at least 4 members (excludes halogenated alkanes) is 3. The van der Waals surface area contributed by atoms with Gasteiger partial charge in [0.15, 0.2) is 6.17 Å². The second-order valence-corrected chi connectivity index (χ2v) is 9.79. The Labute approximate surface area is 212 Å². The maximum absolute atomic E-state index is 16.8. The first kappa shape index (κ1) is 30.2. The van der Waals surface area contributed by atoms with Crippen LogP contribution in [0.3, 0.4) is 0 Å². The SMILES string of the molecule is CCCCCC[N+](c1ccccc1)(c1ccccc1)C(F)(F)C(C)(F)C(F)(F)C(F)C(CC)CCC. The molecule has 2 aromatic carbocycles. The molecule has 0 heterocycles. The summed E-state index contributed by atoms with van der Waals surface area (Å²) in [4.78, 5) is 0. The second-order valence-electron chi connectivity index (χ2n) is 9.79. The maximum atomic E-state index is 16.8. The van der Waals surface area contributed by atoms with Crippen molar-refractivity contribution in [3.8, 4) is 0 Å². The summed E-state index contributed by atoms with van der Waals surface area (Å²) in [5.74, 6) is -6.15. The number of nitrogens with zero attached hydrogens (tertiary/aromatic N) is 1. The number of benzene rings is 2. The summed E-state index contributed by atoms with van der Waals surface area (Å²) < 4.78 is 94.9. The van der Waals surface area contributed by atoms with E-state index in [1.807, 2.05) is 6.92 Å². The van der Waals surface area contributed by atoms with E-state index in [2.05, 4.69) is 0 Å². The van der Waals surface area contributed by atoms with Crippen molar-refractivity contribution in [2.45, 2.75) is 96.5 Å². The highest BCUT2D eigenvalue weighted by Crippen LogP contribution is 2.57. The Morgan fingerprint density at radius 1 is 0.722 bits per heavy atom. The predicted molar refractivity (Wildman–Crippen MR) is 136 cm³/mol. The number of rotatable bonds is 15. The highest BCUT2D eigenvalue weighted by atomic mass is 19.3. The van der Waals surface area contributed by atoms with Crippen LogP contribution in [0.2, 0.25) is 0 Å². The van der Waals surface area contributed by atoms with Gasteiger partial charge in [0.1, 0.15) is 11.4 Å². The first-order valence-electron chi connectivity index (χ1n) is 13.0. The Balaban J connectivity index is 2.78. The van der Waals surface area contributed by atoms with Crippen LogP contribution in [-0.2, 0) is 0 Å². The van der Waals surface area contributed by atoms with Gasteiger partial charge in [-0.2, -0.15) is 13.3 Å². The van der Waals surface area contributed by atoms with Crippen LogP contribution < -0.4 is 4.48 Å². The largest absolute Gasteiger partial charge is 0.440 e. The van der Waals surface area contributed by atoms with Gasteiger partial charge >= 0.3 is 12.0 Å². The molecule has 0 saturated heterocycles. The minimum absolute atomic E-state index is 0.000631. The van der Waals surface area contributed by atoms with E-state index in [0.29, 0.717) is 12.8 Å². The van der Waals surface area contributed by atoms with Gasteiger partial charge in [-0.25, -0.2) is 8.78 Å². The molecule has 7 heteroatoms. The molecule has 0 aliphatic rings. The lowest BCUT2D eigenvalue weighted by Gasteiger charge is -2.49. The summed E-state index contributed by atoms with van der Waals surface area (Å²) in [6.07, 6.45) is -0.167. The van der Waals surface area contributed by atoms with E-state index < -0.39 is 34.2 Å². The molecule has 0 bridgehead atoms. The quantitative estimate of drug-likeness (QED) is 0.0956. The molecular formula is C29H40F6N+. The first-order chi connectivity index (χ1) is 17.0. The van der Waals surface area contributed by atoms with Gasteiger partial charge in [-0.15, -0.1) is 8.78 Å². The molecule has 2 aromatic rings. The van der Waals surface area contributed by atoms with Crippen LogP contribution in [0.4, 0.5) is 37.7 Å². The molecule has 3 unspecified atom stereocenters. The van der Waals surface area contributed by atoms with E-state index in [0.717, 1.165) is 12.8 Å². The number of hydrogen-bond donors (Lipinski definition) is 0. The van der Waals surface area contributed by atoms with Gasteiger partial charge in [0.05, 0.1) is 6.54 Å². The number of hydrogen-bond acceptors (Lipinski definition) is 0. The van der Waals surface area contributed by atoms with Crippen LogP contribution in [0, 0.1) is 5.92 Å². The molecule has 0 N–H and O–H groups in total. The number of halogens is 6. The Bertz CT molecular complexity index is 861. The molecule has 0 aliphatic heterocycles. The first-order valence-corrected chi connectivity index (χ1v) is 13.0. The summed E-state index contributed by atoms with van der Waals surface area (Å²) in [6, 6.07) is 10.2. The molecule has 3 atom stereocenters. The van der Waals surface area contributed by atoms with Crippen molar-refractivity contribution >= 4 is 11.4 Å². The second kappa shape index (κ2) is 12.5. The standard InChI is InChI=1S/C29H40F6N/c1-5-8-9-16-22-36(24-18-12-10-13-19-24,25-20-14-11-15-21-25)29(34,35)27(4,31)28(32,33)26(30)23(7-3)17-6-2/h10-15,18-21,23,26H,5-9,16-17,22H2,1-4H3/q+1. The van der Waals surface area contributed by atoms with Gasteiger partial charge in [0.2, 0.25) is 0 Å². The number of para-hydroxylation sites is 2. The van der Waals surface area contributed by atoms with Crippen LogP contribution in [0.1, 0.15) is 72.6 Å². The molecule has 0 amide bonds. The summed E-state index contributed by atoms with van der Waals surface area (Å²) in [5, 5.41) is 0. The van der Waals surface area contributed by atoms with Gasteiger partial charge in [-0.1, -0.05) is 82.9 Å². The fourth-order valence-electron chi connectivity index (χ4n) is 5.05. The topological polar surface area (TPSA) is 0 Å². The molecule has 0 aliphatic carbocycles. The number of alkyl halides is 6. The van der Waals surface area contributed by atoms with Crippen molar-refractivity contribution in [3.63, 3.8) is 0 Å². The lowest BCUT2D eigenvalue weighted by atomic mass is 9.82. The van der Waals surface area contributed by atoms with Gasteiger partial charge in [0, 0.05) is 0 Å². The Hall–Kier alpha value is -2.02. The maximum Gasteiger partial charge on any atom is 0.440 e. The number of quaternary nitrogens is 1. The van der Waals surface area contributed by atoms with Crippen LogP contribution in [0.25, 0.3) is 0 Å². The summed E-state index contributed by atoms with van der Waals surface area (Å²) in [5.41, 5.74) is -4.54. The smallest absolute Gasteiger partial charge is 0.240 e. The zero-order chi connectivity index (χ0) is 27.0. The van der Waals surface area contributed by atoms with Crippen LogP contribution >= 0.6 is 0 Å². The normalized spacial score (nSPS) is 16.4. The summed E-state index contributed by atoms with van der Waals surface area (Å²) in [6.45, 7) is 5.02. The molecule has 0 spiro atoms. The third-order valence-corrected chi connectivity index (χ3v) is 7.36. The average molecular weight is 517 g/mol. The zero-order valence-electron chi connectivity index (χ0n) is 21.8. The lowest BCUT2D eigenvalue weighted by molar-refractivity contribution is -0.301. The molecule has 36 heavy (non-hydrogen) atoms. The average Bonchev–Trinajstić information content (AvgIpc) is 2.87. The third-order valence-electron chi connectivity index (χ3n) is 7.36. The summed E-state index contributed by atoms with van der Waals surface area (Å²) in [7, 11) is 0. The molecule has 0 fully saturated rings. The van der Waals surface area contributed by atoms with Crippen molar-refractivity contribution < 1.29 is 26.3 Å². The molecule has 0 radical (unpaired) electrons. The van der Waals surface area contributed by atoms with Gasteiger partial charge in [0.25, 0.3) is 5.67 Å². The van der Waals surface area contributed by atoms with Gasteiger partial charge < -0.3 is 0 Å². The van der Waals surface area contributed by atoms with E-state index in [1.54, 1.807) is 19.1 Å². The van der Waals surface area contributed by atoms with Crippen molar-refractivity contribution in [1.82, 2.24) is 4.48 Å². The fourth-order valence-corrected chi connectivity index (χ4v) is 5.05. The highest BCUT2D eigenvalue weighted by Gasteiger charge is 2.79. The molecule has 0 aromatic heterocycles. The van der Waals surface area contributed by atoms with E-state index >= 15 is 26.3 Å². The predicted octanol–water partition coefficient (Wildman–Crippen LogP) is 10.0. The van der Waals surface area contributed by atoms with E-state index in [1.165, 1.54) is 55.5 Å².